The van der Waals surface area contributed by atoms with Crippen molar-refractivity contribution in [2.24, 2.45) is 0 Å². The molecule has 7 nitrogen and oxygen atoms in total. The number of imide groups is 1. The Morgan fingerprint density at radius 3 is 2.74 bits per heavy atom. The summed E-state index contributed by atoms with van der Waals surface area (Å²) in [6, 6.07) is 3.25. The molecule has 2 amide bonds. The SMILES string of the molecule is [B]C1(n2c(C)nc3cc(Br)cc(N)c3c2=O)CCC(=O)NC1=O. The summed E-state index contributed by atoms with van der Waals surface area (Å²) in [7, 11) is 6.17. The Kier molecular flexibility index (Phi) is 3.55. The first-order valence-electron chi connectivity index (χ1n) is 6.86. The van der Waals surface area contributed by atoms with E-state index in [1.807, 2.05) is 0 Å². The average molecular weight is 375 g/mol. The van der Waals surface area contributed by atoms with Crippen LogP contribution in [0.15, 0.2) is 21.4 Å². The van der Waals surface area contributed by atoms with Crippen LogP contribution in [-0.2, 0) is 15.0 Å². The topological polar surface area (TPSA) is 107 Å². The highest BCUT2D eigenvalue weighted by Gasteiger charge is 2.41. The number of nitrogens with two attached hydrogens (primary N) is 1. The molecule has 1 aliphatic heterocycles. The second-order valence-electron chi connectivity index (χ2n) is 5.49. The van der Waals surface area contributed by atoms with E-state index in [1.54, 1.807) is 19.1 Å². The molecule has 1 fully saturated rings. The minimum atomic E-state index is -1.67. The van der Waals surface area contributed by atoms with Crippen LogP contribution in [0.25, 0.3) is 10.9 Å². The largest absolute Gasteiger partial charge is 0.398 e. The Balaban J connectivity index is 2.33. The van der Waals surface area contributed by atoms with Crippen LogP contribution in [0.3, 0.4) is 0 Å². The van der Waals surface area contributed by atoms with Crippen molar-refractivity contribution in [3.8, 4) is 0 Å². The van der Waals surface area contributed by atoms with Crippen molar-refractivity contribution >= 4 is 52.2 Å². The average Bonchev–Trinajstić information content (AvgIpc) is 2.42. The highest BCUT2D eigenvalue weighted by atomic mass is 79.9. The van der Waals surface area contributed by atoms with Crippen molar-refractivity contribution in [2.45, 2.75) is 25.2 Å². The van der Waals surface area contributed by atoms with Crippen molar-refractivity contribution < 1.29 is 9.59 Å². The van der Waals surface area contributed by atoms with Crippen LogP contribution in [0.1, 0.15) is 18.7 Å². The van der Waals surface area contributed by atoms with Gasteiger partial charge in [-0.25, -0.2) is 4.98 Å². The van der Waals surface area contributed by atoms with Gasteiger partial charge in [0, 0.05) is 16.6 Å². The Morgan fingerprint density at radius 2 is 2.09 bits per heavy atom. The lowest BCUT2D eigenvalue weighted by atomic mass is 9.71. The van der Waals surface area contributed by atoms with Crippen molar-refractivity contribution in [2.75, 3.05) is 5.73 Å². The summed E-state index contributed by atoms with van der Waals surface area (Å²) in [4.78, 5) is 40.8. The molecule has 116 valence electrons. The molecule has 9 heteroatoms. The van der Waals surface area contributed by atoms with Gasteiger partial charge in [0.25, 0.3) is 5.56 Å². The van der Waals surface area contributed by atoms with E-state index in [0.29, 0.717) is 9.99 Å². The number of piperidine rings is 1. The van der Waals surface area contributed by atoms with E-state index >= 15 is 0 Å². The van der Waals surface area contributed by atoms with Crippen molar-refractivity contribution in [3.63, 3.8) is 0 Å². The standard InChI is InChI=1S/C14H12BBrN4O3/c1-6-18-9-5-7(16)4-8(17)11(9)12(22)20(6)14(15)3-2-10(21)19-13(14)23/h4-5H,2-3,17H2,1H3,(H,19,21,23). The molecule has 23 heavy (non-hydrogen) atoms. The Bertz CT molecular complexity index is 926. The molecule has 3 N–H and O–H groups in total. The number of benzene rings is 1. The van der Waals surface area contributed by atoms with E-state index in [2.05, 4.69) is 26.2 Å². The number of halogens is 1. The van der Waals surface area contributed by atoms with Crippen molar-refractivity contribution in [1.29, 1.82) is 0 Å². The molecular formula is C14H12BBrN4O3. The summed E-state index contributed by atoms with van der Waals surface area (Å²) in [5.74, 6) is -0.873. The highest BCUT2D eigenvalue weighted by molar-refractivity contribution is 9.10. The summed E-state index contributed by atoms with van der Waals surface area (Å²) in [5, 5.41) is 2.35. The van der Waals surface area contributed by atoms with E-state index in [0.717, 1.165) is 4.57 Å². The molecule has 0 saturated carbocycles. The monoisotopic (exact) mass is 374 g/mol. The van der Waals surface area contributed by atoms with Gasteiger partial charge in [-0.3, -0.25) is 24.3 Å². The predicted molar refractivity (Wildman–Crippen MR) is 89.0 cm³/mol. The Hall–Kier alpha value is -2.16. The number of rotatable bonds is 1. The molecule has 1 aromatic heterocycles. The highest BCUT2D eigenvalue weighted by Crippen LogP contribution is 2.27. The zero-order chi connectivity index (χ0) is 16.9. The van der Waals surface area contributed by atoms with E-state index in [1.165, 1.54) is 0 Å². The normalized spacial score (nSPS) is 21.5. The first-order chi connectivity index (χ1) is 10.7. The van der Waals surface area contributed by atoms with Gasteiger partial charge in [-0.2, -0.15) is 0 Å². The van der Waals surface area contributed by atoms with Crippen molar-refractivity contribution in [3.05, 3.63) is 32.8 Å². The van der Waals surface area contributed by atoms with Gasteiger partial charge in [0.2, 0.25) is 11.8 Å². The van der Waals surface area contributed by atoms with Gasteiger partial charge in [-0.1, -0.05) is 15.9 Å². The van der Waals surface area contributed by atoms with Crippen LogP contribution in [0.2, 0.25) is 0 Å². The predicted octanol–water partition coefficient (Wildman–Crippen LogP) is 0.308. The summed E-state index contributed by atoms with van der Waals surface area (Å²) >= 11 is 3.30. The molecule has 1 saturated heterocycles. The number of carbonyl (C=O) groups is 2. The maximum Gasteiger partial charge on any atom is 0.263 e. The van der Waals surface area contributed by atoms with Crippen LogP contribution in [0, 0.1) is 6.92 Å². The van der Waals surface area contributed by atoms with Crippen LogP contribution in [0.5, 0.6) is 0 Å². The van der Waals surface area contributed by atoms with E-state index in [4.69, 9.17) is 13.6 Å². The number of aryl methyl sites for hydroxylation is 1. The number of anilines is 1. The van der Waals surface area contributed by atoms with Gasteiger partial charge in [0.1, 0.15) is 13.7 Å². The maximum absolute atomic E-state index is 12.9. The minimum Gasteiger partial charge on any atom is -0.398 e. The zero-order valence-electron chi connectivity index (χ0n) is 12.2. The number of nitrogens with one attached hydrogen (secondary N) is 1. The lowest BCUT2D eigenvalue weighted by Crippen LogP contribution is -2.58. The third-order valence-corrected chi connectivity index (χ3v) is 4.37. The summed E-state index contributed by atoms with van der Waals surface area (Å²) in [6.45, 7) is 1.58. The fourth-order valence-corrected chi connectivity index (χ4v) is 3.28. The molecule has 1 unspecified atom stereocenters. The van der Waals surface area contributed by atoms with E-state index in [9.17, 15) is 14.4 Å². The summed E-state index contributed by atoms with van der Waals surface area (Å²) < 4.78 is 1.80. The number of nitrogen functional groups attached to an aromatic ring is 1. The zero-order valence-corrected chi connectivity index (χ0v) is 13.8. The van der Waals surface area contributed by atoms with Crippen molar-refractivity contribution in [1.82, 2.24) is 14.9 Å². The third kappa shape index (κ3) is 2.35. The number of nitrogens with zero attached hydrogens (tertiary/aromatic N) is 2. The van der Waals surface area contributed by atoms with Crippen LogP contribution < -0.4 is 16.6 Å². The quantitative estimate of drug-likeness (QED) is 0.424. The summed E-state index contributed by atoms with van der Waals surface area (Å²) in [6.07, 6.45) is 0.0595. The second-order valence-corrected chi connectivity index (χ2v) is 6.41. The smallest absolute Gasteiger partial charge is 0.263 e. The Morgan fingerprint density at radius 1 is 1.39 bits per heavy atom. The van der Waals surface area contributed by atoms with Gasteiger partial charge in [-0.05, 0) is 25.5 Å². The molecule has 1 aliphatic rings. The molecule has 2 radical (unpaired) electrons. The molecule has 0 spiro atoms. The lowest BCUT2D eigenvalue weighted by Gasteiger charge is -2.35. The van der Waals surface area contributed by atoms with E-state index in [-0.39, 0.29) is 29.7 Å². The number of carbonyl (C=O) groups excluding carboxylic acids is 2. The van der Waals surface area contributed by atoms with Gasteiger partial charge < -0.3 is 5.73 Å². The number of hydrogen-bond donors (Lipinski definition) is 2. The molecule has 0 aliphatic carbocycles. The fourth-order valence-electron chi connectivity index (χ4n) is 2.82. The van der Waals surface area contributed by atoms with Gasteiger partial charge >= 0.3 is 0 Å². The number of amides is 2. The molecule has 1 aromatic carbocycles. The van der Waals surface area contributed by atoms with Crippen LogP contribution in [-0.4, -0.2) is 29.2 Å². The van der Waals surface area contributed by atoms with Gasteiger partial charge in [0.05, 0.1) is 16.3 Å². The van der Waals surface area contributed by atoms with Gasteiger partial charge in [0.15, 0.2) is 0 Å². The van der Waals surface area contributed by atoms with Crippen LogP contribution >= 0.6 is 15.9 Å². The first-order valence-corrected chi connectivity index (χ1v) is 7.65. The third-order valence-electron chi connectivity index (χ3n) is 3.91. The van der Waals surface area contributed by atoms with E-state index < -0.39 is 22.8 Å². The number of fused-ring (bicyclic) bond motifs is 1. The lowest BCUT2D eigenvalue weighted by molar-refractivity contribution is -0.137. The fraction of sp³-hybridized carbons (Fsp3) is 0.286. The molecular weight excluding hydrogens is 363 g/mol. The maximum atomic E-state index is 12.9. The first kappa shape index (κ1) is 15.7. The second kappa shape index (κ2) is 5.19. The molecule has 0 bridgehead atoms. The molecule has 3 rings (SSSR count). The van der Waals surface area contributed by atoms with Gasteiger partial charge in [-0.15, -0.1) is 0 Å². The molecule has 2 aromatic rings. The number of aromatic nitrogens is 2. The minimum absolute atomic E-state index is 0.0159. The summed E-state index contributed by atoms with van der Waals surface area (Å²) in [5.41, 5.74) is 4.39. The number of hydrogen-bond acceptors (Lipinski definition) is 5. The molecule has 1 atom stereocenters. The molecule has 2 heterocycles. The Labute approximate surface area is 140 Å². The van der Waals surface area contributed by atoms with Crippen LogP contribution in [0.4, 0.5) is 5.69 Å².